The Morgan fingerprint density at radius 3 is 2.95 bits per heavy atom. The minimum atomic E-state index is -0.127. The third kappa shape index (κ3) is 2.72. The van der Waals surface area contributed by atoms with Gasteiger partial charge >= 0.3 is 0 Å². The molecule has 0 spiro atoms. The van der Waals surface area contributed by atoms with Crippen LogP contribution in [0.4, 0.5) is 0 Å². The lowest BCUT2D eigenvalue weighted by Crippen LogP contribution is -2.27. The van der Waals surface area contributed by atoms with Gasteiger partial charge in [0.05, 0.1) is 11.7 Å². The number of fused-ring (bicyclic) bond motifs is 1. The van der Waals surface area contributed by atoms with Gasteiger partial charge in [-0.3, -0.25) is 4.79 Å². The number of Topliss-reactive ketones (excluding diaryl/α,β-unsaturated/α-hetero) is 1. The van der Waals surface area contributed by atoms with Gasteiger partial charge in [-0.05, 0) is 38.3 Å². The molecule has 2 aliphatic rings. The highest BCUT2D eigenvalue weighted by atomic mass is 16.6. The van der Waals surface area contributed by atoms with Crippen molar-refractivity contribution in [2.45, 2.75) is 64.1 Å². The molecule has 4 heteroatoms. The van der Waals surface area contributed by atoms with Crippen molar-refractivity contribution in [1.82, 2.24) is 0 Å². The van der Waals surface area contributed by atoms with Crippen molar-refractivity contribution in [3.8, 4) is 11.5 Å². The average molecular weight is 304 g/mol. The normalized spacial score (nSPS) is 26.4. The molecular formula is C18H24O4. The number of phenols is 1. The molecule has 2 atom stereocenters. The fourth-order valence-electron chi connectivity index (χ4n) is 3.47. The van der Waals surface area contributed by atoms with Crippen molar-refractivity contribution in [3.63, 3.8) is 0 Å². The van der Waals surface area contributed by atoms with Crippen molar-refractivity contribution >= 4 is 5.78 Å². The second kappa shape index (κ2) is 5.92. The monoisotopic (exact) mass is 304 g/mol. The van der Waals surface area contributed by atoms with Crippen molar-refractivity contribution in [1.29, 1.82) is 0 Å². The zero-order valence-electron chi connectivity index (χ0n) is 13.4. The number of aromatic hydroxyl groups is 1. The summed E-state index contributed by atoms with van der Waals surface area (Å²) >= 11 is 0. The molecule has 2 unspecified atom stereocenters. The summed E-state index contributed by atoms with van der Waals surface area (Å²) < 4.78 is 11.8. The van der Waals surface area contributed by atoms with Gasteiger partial charge in [0.1, 0.15) is 23.7 Å². The van der Waals surface area contributed by atoms with E-state index in [4.69, 9.17) is 9.47 Å². The molecule has 120 valence electrons. The Hall–Kier alpha value is -1.55. The van der Waals surface area contributed by atoms with E-state index in [-0.39, 0.29) is 17.1 Å². The number of carbonyl (C=O) groups excluding carboxylic acids is 1. The van der Waals surface area contributed by atoms with Crippen LogP contribution in [0.5, 0.6) is 11.5 Å². The molecule has 0 amide bonds. The van der Waals surface area contributed by atoms with E-state index in [0.717, 1.165) is 24.8 Å². The van der Waals surface area contributed by atoms with E-state index < -0.39 is 0 Å². The standard InChI is InChI=1S/C18H24O4/c1-3-6-14-15(9-8-13(12(2)19)17(14)20)21-11-18-10-5-4-7-16(18)22-18/h8-9,16,20H,3-7,10-11H2,1-2H3. The third-order valence-corrected chi connectivity index (χ3v) is 4.81. The number of benzene rings is 1. The Morgan fingerprint density at radius 2 is 2.27 bits per heavy atom. The highest BCUT2D eigenvalue weighted by Gasteiger charge is 2.57. The molecule has 1 aromatic rings. The number of hydrogen-bond acceptors (Lipinski definition) is 4. The Bertz CT molecular complexity index is 581. The van der Waals surface area contributed by atoms with Crippen LogP contribution in [0.2, 0.25) is 0 Å². The molecule has 1 aromatic carbocycles. The number of carbonyl (C=O) groups is 1. The van der Waals surface area contributed by atoms with Crippen molar-refractivity contribution in [3.05, 3.63) is 23.3 Å². The highest BCUT2D eigenvalue weighted by Crippen LogP contribution is 2.48. The summed E-state index contributed by atoms with van der Waals surface area (Å²) in [6.07, 6.45) is 6.53. The summed E-state index contributed by atoms with van der Waals surface area (Å²) in [5.74, 6) is 0.623. The van der Waals surface area contributed by atoms with Crippen LogP contribution in [0.1, 0.15) is 61.9 Å². The molecular weight excluding hydrogens is 280 g/mol. The van der Waals surface area contributed by atoms with Gasteiger partial charge in [-0.1, -0.05) is 26.2 Å². The maximum absolute atomic E-state index is 11.6. The van der Waals surface area contributed by atoms with Crippen LogP contribution in [0.3, 0.4) is 0 Å². The number of phenolic OH excluding ortho intramolecular Hbond substituents is 1. The summed E-state index contributed by atoms with van der Waals surface area (Å²) in [4.78, 5) is 11.6. The predicted molar refractivity (Wildman–Crippen MR) is 83.7 cm³/mol. The van der Waals surface area contributed by atoms with Gasteiger partial charge in [0.25, 0.3) is 0 Å². The zero-order chi connectivity index (χ0) is 15.7. The van der Waals surface area contributed by atoms with Gasteiger partial charge in [-0.15, -0.1) is 0 Å². The molecule has 0 bridgehead atoms. The van der Waals surface area contributed by atoms with E-state index in [1.165, 1.54) is 19.8 Å². The van der Waals surface area contributed by atoms with Crippen molar-refractivity contribution in [2.24, 2.45) is 0 Å². The van der Waals surface area contributed by atoms with E-state index in [1.807, 2.05) is 6.92 Å². The van der Waals surface area contributed by atoms with E-state index in [9.17, 15) is 9.90 Å². The van der Waals surface area contributed by atoms with Gasteiger partial charge in [0.2, 0.25) is 0 Å². The van der Waals surface area contributed by atoms with Crippen LogP contribution in [0.15, 0.2) is 12.1 Å². The van der Waals surface area contributed by atoms with Crippen LogP contribution in [-0.4, -0.2) is 29.2 Å². The first kappa shape index (κ1) is 15.3. The Morgan fingerprint density at radius 1 is 1.45 bits per heavy atom. The molecule has 4 nitrogen and oxygen atoms in total. The van der Waals surface area contributed by atoms with E-state index >= 15 is 0 Å². The molecule has 3 rings (SSSR count). The number of epoxide rings is 1. The summed E-state index contributed by atoms with van der Waals surface area (Å²) in [5.41, 5.74) is 1.00. The number of ether oxygens (including phenoxy) is 2. The fraction of sp³-hybridized carbons (Fsp3) is 0.611. The molecule has 22 heavy (non-hydrogen) atoms. The van der Waals surface area contributed by atoms with E-state index in [0.29, 0.717) is 30.4 Å². The first-order valence-corrected chi connectivity index (χ1v) is 8.24. The molecule has 1 aliphatic heterocycles. The molecule has 0 aromatic heterocycles. The summed E-state index contributed by atoms with van der Waals surface area (Å²) in [5, 5.41) is 10.4. The van der Waals surface area contributed by atoms with Crippen molar-refractivity contribution in [2.75, 3.05) is 6.61 Å². The van der Waals surface area contributed by atoms with E-state index in [2.05, 4.69) is 0 Å². The minimum absolute atomic E-state index is 0.0706. The number of hydrogen-bond donors (Lipinski definition) is 1. The molecule has 1 saturated heterocycles. The SMILES string of the molecule is CCCc1c(OCC23CCCCC2O3)ccc(C(C)=O)c1O. The molecule has 0 radical (unpaired) electrons. The average Bonchev–Trinajstić information content (AvgIpc) is 3.22. The Balaban J connectivity index is 1.78. The van der Waals surface area contributed by atoms with Crippen LogP contribution < -0.4 is 4.74 Å². The zero-order valence-corrected chi connectivity index (χ0v) is 13.4. The molecule has 1 heterocycles. The molecule has 1 N–H and O–H groups in total. The Kier molecular flexibility index (Phi) is 4.13. The smallest absolute Gasteiger partial charge is 0.163 e. The quantitative estimate of drug-likeness (QED) is 0.644. The van der Waals surface area contributed by atoms with Crippen molar-refractivity contribution < 1.29 is 19.4 Å². The first-order chi connectivity index (χ1) is 10.6. The first-order valence-electron chi connectivity index (χ1n) is 8.24. The Labute approximate surface area is 131 Å². The summed E-state index contributed by atoms with van der Waals surface area (Å²) in [6, 6.07) is 3.45. The number of ketones is 1. The fourth-order valence-corrected chi connectivity index (χ4v) is 3.47. The van der Waals surface area contributed by atoms with Gasteiger partial charge in [0, 0.05) is 5.56 Å². The lowest BCUT2D eigenvalue weighted by Gasteiger charge is -2.20. The number of rotatable bonds is 6. The van der Waals surface area contributed by atoms with Gasteiger partial charge in [-0.25, -0.2) is 0 Å². The van der Waals surface area contributed by atoms with Crippen LogP contribution in [0.25, 0.3) is 0 Å². The topological polar surface area (TPSA) is 59.1 Å². The van der Waals surface area contributed by atoms with Gasteiger partial charge in [0.15, 0.2) is 5.78 Å². The van der Waals surface area contributed by atoms with Crippen LogP contribution in [-0.2, 0) is 11.2 Å². The maximum Gasteiger partial charge on any atom is 0.163 e. The highest BCUT2D eigenvalue weighted by molar-refractivity contribution is 5.97. The lowest BCUT2D eigenvalue weighted by atomic mass is 9.90. The molecule has 1 aliphatic carbocycles. The van der Waals surface area contributed by atoms with E-state index in [1.54, 1.807) is 12.1 Å². The van der Waals surface area contributed by atoms with Crippen LogP contribution in [0, 0.1) is 0 Å². The molecule has 1 saturated carbocycles. The minimum Gasteiger partial charge on any atom is -0.507 e. The van der Waals surface area contributed by atoms with Gasteiger partial charge < -0.3 is 14.6 Å². The summed E-state index contributed by atoms with van der Waals surface area (Å²) in [6.45, 7) is 4.05. The van der Waals surface area contributed by atoms with Gasteiger partial charge in [-0.2, -0.15) is 0 Å². The largest absolute Gasteiger partial charge is 0.507 e. The van der Waals surface area contributed by atoms with Crippen LogP contribution >= 0.6 is 0 Å². The second-order valence-corrected chi connectivity index (χ2v) is 6.45. The molecule has 2 fully saturated rings. The predicted octanol–water partition coefficient (Wildman–Crippen LogP) is 3.64. The maximum atomic E-state index is 11.6. The second-order valence-electron chi connectivity index (χ2n) is 6.45. The third-order valence-electron chi connectivity index (χ3n) is 4.81. The summed E-state index contributed by atoms with van der Waals surface area (Å²) in [7, 11) is 0. The lowest BCUT2D eigenvalue weighted by molar-refractivity contribution is 0.101.